The molecular weight excluding hydrogens is 302 g/mol. The van der Waals surface area contributed by atoms with Crippen molar-refractivity contribution in [2.24, 2.45) is 0 Å². The van der Waals surface area contributed by atoms with Gasteiger partial charge in [0.1, 0.15) is 5.25 Å². The minimum atomic E-state index is -3.55. The van der Waals surface area contributed by atoms with Gasteiger partial charge in [-0.25, -0.2) is 13.2 Å². The fourth-order valence-corrected chi connectivity index (χ4v) is 3.64. The fourth-order valence-electron chi connectivity index (χ4n) is 2.24. The van der Waals surface area contributed by atoms with Gasteiger partial charge in [-0.15, -0.1) is 11.3 Å². The maximum Gasteiger partial charge on any atom is 0.331 e. The molecular formula is C12H15NO5S2. The van der Waals surface area contributed by atoms with Crippen molar-refractivity contribution >= 4 is 33.1 Å². The Balaban J connectivity index is 2.38. The first-order valence-electron chi connectivity index (χ1n) is 6.02. The van der Waals surface area contributed by atoms with E-state index in [-0.39, 0.29) is 6.54 Å². The smallest absolute Gasteiger partial charge is 0.331 e. The van der Waals surface area contributed by atoms with Gasteiger partial charge in [-0.05, 0) is 30.4 Å². The number of thiophene rings is 1. The van der Waals surface area contributed by atoms with E-state index in [0.29, 0.717) is 12.0 Å². The molecule has 2 unspecified atom stereocenters. The summed E-state index contributed by atoms with van der Waals surface area (Å²) in [6.07, 6.45) is 1.53. The number of aliphatic carboxylic acids is 1. The standard InChI is InChI=1S/C12H15NO5S2/c1-7(20(2,17)18)11(14)13-5-3-9-8(4-6-19-9)10(13)12(15)16/h4,6-7,10H,3,5H2,1-2H3,(H,15,16). The molecule has 20 heavy (non-hydrogen) atoms. The van der Waals surface area contributed by atoms with Crippen LogP contribution in [0.4, 0.5) is 0 Å². The second-order valence-corrected chi connectivity index (χ2v) is 8.16. The zero-order valence-electron chi connectivity index (χ0n) is 11.1. The van der Waals surface area contributed by atoms with Crippen LogP contribution in [0.15, 0.2) is 11.4 Å². The van der Waals surface area contributed by atoms with Gasteiger partial charge in [0.25, 0.3) is 0 Å². The van der Waals surface area contributed by atoms with Crippen LogP contribution < -0.4 is 0 Å². The van der Waals surface area contributed by atoms with Crippen molar-refractivity contribution in [2.45, 2.75) is 24.6 Å². The highest BCUT2D eigenvalue weighted by Gasteiger charge is 2.40. The number of hydrogen-bond acceptors (Lipinski definition) is 5. The lowest BCUT2D eigenvalue weighted by Crippen LogP contribution is -2.48. The minimum Gasteiger partial charge on any atom is -0.479 e. The van der Waals surface area contributed by atoms with E-state index in [2.05, 4.69) is 0 Å². The van der Waals surface area contributed by atoms with Crippen LogP contribution in [0.1, 0.15) is 23.4 Å². The molecule has 1 aliphatic heterocycles. The number of amides is 1. The molecule has 0 saturated carbocycles. The molecule has 1 aromatic rings. The number of nitrogens with zero attached hydrogens (tertiary/aromatic N) is 1. The zero-order chi connectivity index (χ0) is 15.1. The Labute approximate surface area is 120 Å². The van der Waals surface area contributed by atoms with Gasteiger partial charge in [-0.2, -0.15) is 0 Å². The van der Waals surface area contributed by atoms with E-state index in [1.54, 1.807) is 11.4 Å². The van der Waals surface area contributed by atoms with Crippen LogP contribution in [0.5, 0.6) is 0 Å². The molecule has 0 fully saturated rings. The molecule has 6 nitrogen and oxygen atoms in total. The third-order valence-corrected chi connectivity index (χ3v) is 5.96. The number of fused-ring (bicyclic) bond motifs is 1. The van der Waals surface area contributed by atoms with Crippen molar-refractivity contribution in [3.05, 3.63) is 21.9 Å². The monoisotopic (exact) mass is 317 g/mol. The van der Waals surface area contributed by atoms with E-state index in [0.717, 1.165) is 16.0 Å². The van der Waals surface area contributed by atoms with Crippen LogP contribution in [0.25, 0.3) is 0 Å². The van der Waals surface area contributed by atoms with Crippen molar-refractivity contribution in [3.8, 4) is 0 Å². The Hall–Kier alpha value is -1.41. The highest BCUT2D eigenvalue weighted by atomic mass is 32.2. The van der Waals surface area contributed by atoms with Gasteiger partial charge in [-0.1, -0.05) is 0 Å². The topological polar surface area (TPSA) is 91.8 Å². The van der Waals surface area contributed by atoms with E-state index in [1.807, 2.05) is 0 Å². The van der Waals surface area contributed by atoms with E-state index in [4.69, 9.17) is 0 Å². The lowest BCUT2D eigenvalue weighted by molar-refractivity contribution is -0.150. The number of rotatable bonds is 3. The van der Waals surface area contributed by atoms with Crippen LogP contribution in [0.3, 0.4) is 0 Å². The SMILES string of the molecule is CC(C(=O)N1CCc2sccc2C1C(=O)O)S(C)(=O)=O. The summed E-state index contributed by atoms with van der Waals surface area (Å²) in [7, 11) is -3.55. The first-order valence-corrected chi connectivity index (χ1v) is 8.85. The number of carboxylic acid groups (broad SMARTS) is 1. The summed E-state index contributed by atoms with van der Waals surface area (Å²) in [6.45, 7) is 1.52. The quantitative estimate of drug-likeness (QED) is 0.885. The number of carbonyl (C=O) groups is 2. The third-order valence-electron chi connectivity index (χ3n) is 3.47. The molecule has 1 amide bonds. The Morgan fingerprint density at radius 1 is 1.50 bits per heavy atom. The lowest BCUT2D eigenvalue weighted by Gasteiger charge is -2.34. The van der Waals surface area contributed by atoms with Crippen molar-refractivity contribution in [1.82, 2.24) is 4.90 Å². The summed E-state index contributed by atoms with van der Waals surface area (Å²) in [4.78, 5) is 25.8. The van der Waals surface area contributed by atoms with Crippen molar-refractivity contribution in [2.75, 3.05) is 12.8 Å². The average molecular weight is 317 g/mol. The molecule has 1 aromatic heterocycles. The summed E-state index contributed by atoms with van der Waals surface area (Å²) in [5.74, 6) is -1.80. The maximum absolute atomic E-state index is 12.3. The summed E-state index contributed by atoms with van der Waals surface area (Å²) < 4.78 is 23.0. The van der Waals surface area contributed by atoms with Gasteiger partial charge >= 0.3 is 5.97 Å². The fraction of sp³-hybridized carbons (Fsp3) is 0.500. The van der Waals surface area contributed by atoms with E-state index in [1.165, 1.54) is 18.3 Å². The van der Waals surface area contributed by atoms with Gasteiger partial charge in [0.15, 0.2) is 15.9 Å². The van der Waals surface area contributed by atoms with E-state index in [9.17, 15) is 23.1 Å². The Kier molecular flexibility index (Phi) is 3.88. The molecule has 0 spiro atoms. The molecule has 8 heteroatoms. The summed E-state index contributed by atoms with van der Waals surface area (Å²) in [6, 6.07) is 0.588. The van der Waals surface area contributed by atoms with Gasteiger partial charge in [0.05, 0.1) is 0 Å². The molecule has 0 saturated heterocycles. The lowest BCUT2D eigenvalue weighted by atomic mass is 9.99. The van der Waals surface area contributed by atoms with Gasteiger partial charge in [0, 0.05) is 17.7 Å². The summed E-state index contributed by atoms with van der Waals surface area (Å²) in [5.41, 5.74) is 0.586. The number of carbonyl (C=O) groups excluding carboxylic acids is 1. The molecule has 2 heterocycles. The largest absolute Gasteiger partial charge is 0.479 e. The second kappa shape index (κ2) is 5.17. The molecule has 2 atom stereocenters. The Morgan fingerprint density at radius 2 is 2.15 bits per heavy atom. The Morgan fingerprint density at radius 3 is 2.70 bits per heavy atom. The molecule has 110 valence electrons. The second-order valence-electron chi connectivity index (χ2n) is 4.79. The van der Waals surface area contributed by atoms with Crippen molar-refractivity contribution < 1.29 is 23.1 Å². The van der Waals surface area contributed by atoms with E-state index < -0.39 is 33.0 Å². The first kappa shape index (κ1) is 15.0. The number of sulfone groups is 1. The zero-order valence-corrected chi connectivity index (χ0v) is 12.7. The molecule has 0 radical (unpaired) electrons. The number of hydrogen-bond donors (Lipinski definition) is 1. The predicted molar refractivity (Wildman–Crippen MR) is 74.4 cm³/mol. The number of carboxylic acids is 1. The Bertz CT molecular complexity index is 649. The van der Waals surface area contributed by atoms with Crippen LogP contribution in [-0.4, -0.2) is 48.4 Å². The van der Waals surface area contributed by atoms with Crippen LogP contribution in [-0.2, 0) is 25.8 Å². The molecule has 2 rings (SSSR count). The molecule has 1 N–H and O–H groups in total. The van der Waals surface area contributed by atoms with Crippen LogP contribution in [0.2, 0.25) is 0 Å². The third kappa shape index (κ3) is 2.57. The van der Waals surface area contributed by atoms with Gasteiger partial charge < -0.3 is 10.0 Å². The summed E-state index contributed by atoms with van der Waals surface area (Å²) in [5, 5.41) is 9.92. The predicted octanol–water partition coefficient (Wildman–Crippen LogP) is 0.692. The highest BCUT2D eigenvalue weighted by molar-refractivity contribution is 7.92. The van der Waals surface area contributed by atoms with Crippen molar-refractivity contribution in [1.29, 1.82) is 0 Å². The highest BCUT2D eigenvalue weighted by Crippen LogP contribution is 2.34. The average Bonchev–Trinajstić information content (AvgIpc) is 2.82. The molecule has 0 aromatic carbocycles. The molecule has 0 bridgehead atoms. The first-order chi connectivity index (χ1) is 9.23. The van der Waals surface area contributed by atoms with E-state index >= 15 is 0 Å². The molecule has 1 aliphatic rings. The minimum absolute atomic E-state index is 0.225. The van der Waals surface area contributed by atoms with Gasteiger partial charge in [-0.3, -0.25) is 4.79 Å². The van der Waals surface area contributed by atoms with Crippen LogP contribution >= 0.6 is 11.3 Å². The summed E-state index contributed by atoms with van der Waals surface area (Å²) >= 11 is 1.45. The van der Waals surface area contributed by atoms with Crippen molar-refractivity contribution in [3.63, 3.8) is 0 Å². The van der Waals surface area contributed by atoms with Crippen LogP contribution in [0, 0.1) is 0 Å². The molecule has 0 aliphatic carbocycles. The normalized spacial score (nSPS) is 20.3. The maximum atomic E-state index is 12.3. The van der Waals surface area contributed by atoms with Gasteiger partial charge in [0.2, 0.25) is 5.91 Å².